The van der Waals surface area contributed by atoms with Crippen LogP contribution in [0.1, 0.15) is 58.4 Å². The van der Waals surface area contributed by atoms with Crippen molar-refractivity contribution >= 4 is 5.69 Å². The second kappa shape index (κ2) is 8.43. The Morgan fingerprint density at radius 3 is 2.81 bits per heavy atom. The predicted molar refractivity (Wildman–Crippen MR) is 92.9 cm³/mol. The first-order chi connectivity index (χ1) is 10.2. The summed E-state index contributed by atoms with van der Waals surface area (Å²) in [5.41, 5.74) is 2.92. The Morgan fingerprint density at radius 2 is 2.05 bits per heavy atom. The van der Waals surface area contributed by atoms with E-state index in [1.807, 2.05) is 0 Å². The lowest BCUT2D eigenvalue weighted by atomic mass is 9.96. The fourth-order valence-corrected chi connectivity index (χ4v) is 3.39. The molecule has 1 fully saturated rings. The van der Waals surface area contributed by atoms with E-state index in [-0.39, 0.29) is 0 Å². The molecule has 1 N–H and O–H groups in total. The summed E-state index contributed by atoms with van der Waals surface area (Å²) in [6.45, 7) is 10.1. The SMILES string of the molecule is CCCC1CCCCN1c1ccccc1CNCC(C)C. The molecule has 0 saturated carbocycles. The topological polar surface area (TPSA) is 15.3 Å². The zero-order valence-electron chi connectivity index (χ0n) is 14.1. The predicted octanol–water partition coefficient (Wildman–Crippen LogP) is 4.59. The van der Waals surface area contributed by atoms with Gasteiger partial charge in [0.25, 0.3) is 0 Å². The Balaban J connectivity index is 2.09. The summed E-state index contributed by atoms with van der Waals surface area (Å²) in [4.78, 5) is 2.68. The third kappa shape index (κ3) is 4.74. The van der Waals surface area contributed by atoms with Crippen molar-refractivity contribution in [2.24, 2.45) is 5.92 Å². The van der Waals surface area contributed by atoms with Crippen LogP contribution in [0.2, 0.25) is 0 Å². The fourth-order valence-electron chi connectivity index (χ4n) is 3.39. The van der Waals surface area contributed by atoms with Gasteiger partial charge in [-0.05, 0) is 49.8 Å². The largest absolute Gasteiger partial charge is 0.368 e. The first kappa shape index (κ1) is 16.4. The molecule has 2 nitrogen and oxygen atoms in total. The smallest absolute Gasteiger partial charge is 0.0414 e. The van der Waals surface area contributed by atoms with Gasteiger partial charge < -0.3 is 10.2 Å². The van der Waals surface area contributed by atoms with Crippen LogP contribution in [-0.2, 0) is 6.54 Å². The molecule has 0 spiro atoms. The summed E-state index contributed by atoms with van der Waals surface area (Å²) in [6, 6.07) is 9.73. The Bertz CT molecular complexity index is 412. The van der Waals surface area contributed by atoms with Crippen LogP contribution in [0, 0.1) is 5.92 Å². The van der Waals surface area contributed by atoms with Crippen molar-refractivity contribution in [2.45, 2.75) is 65.5 Å². The minimum Gasteiger partial charge on any atom is -0.368 e. The van der Waals surface area contributed by atoms with Crippen LogP contribution in [0.15, 0.2) is 24.3 Å². The molecule has 0 aromatic heterocycles. The van der Waals surface area contributed by atoms with Crippen molar-refractivity contribution in [3.8, 4) is 0 Å². The molecule has 118 valence electrons. The Kier molecular flexibility index (Phi) is 6.56. The Hall–Kier alpha value is -1.02. The van der Waals surface area contributed by atoms with Gasteiger partial charge in [-0.2, -0.15) is 0 Å². The highest BCUT2D eigenvalue weighted by molar-refractivity contribution is 5.54. The highest BCUT2D eigenvalue weighted by Crippen LogP contribution is 2.30. The third-order valence-corrected chi connectivity index (χ3v) is 4.42. The zero-order valence-corrected chi connectivity index (χ0v) is 14.1. The molecule has 2 heteroatoms. The fraction of sp³-hybridized carbons (Fsp3) is 0.684. The normalized spacial score (nSPS) is 19.2. The van der Waals surface area contributed by atoms with Crippen LogP contribution in [0.25, 0.3) is 0 Å². The molecule has 0 aliphatic carbocycles. The first-order valence-corrected chi connectivity index (χ1v) is 8.77. The first-order valence-electron chi connectivity index (χ1n) is 8.77. The van der Waals surface area contributed by atoms with Crippen molar-refractivity contribution in [1.29, 1.82) is 0 Å². The number of hydrogen-bond donors (Lipinski definition) is 1. The number of nitrogens with zero attached hydrogens (tertiary/aromatic N) is 1. The standard InChI is InChI=1S/C19H32N2/c1-4-9-18-11-7-8-13-21(18)19-12-6-5-10-17(19)15-20-14-16(2)3/h5-6,10,12,16,18,20H,4,7-9,11,13-15H2,1-3H3. The van der Waals surface area contributed by atoms with Gasteiger partial charge >= 0.3 is 0 Å². The van der Waals surface area contributed by atoms with Crippen molar-refractivity contribution in [1.82, 2.24) is 5.32 Å². The molecule has 0 radical (unpaired) electrons. The molecule has 1 aliphatic rings. The molecule has 1 unspecified atom stereocenters. The van der Waals surface area contributed by atoms with Crippen molar-refractivity contribution in [2.75, 3.05) is 18.0 Å². The van der Waals surface area contributed by atoms with Crippen molar-refractivity contribution in [3.63, 3.8) is 0 Å². The van der Waals surface area contributed by atoms with Gasteiger partial charge in [0, 0.05) is 24.8 Å². The summed E-state index contributed by atoms with van der Waals surface area (Å²) < 4.78 is 0. The van der Waals surface area contributed by atoms with Crippen molar-refractivity contribution in [3.05, 3.63) is 29.8 Å². The molecule has 1 heterocycles. The van der Waals surface area contributed by atoms with Gasteiger partial charge in [-0.25, -0.2) is 0 Å². The highest BCUT2D eigenvalue weighted by atomic mass is 15.2. The minimum atomic E-state index is 0.708. The number of nitrogens with one attached hydrogen (secondary N) is 1. The monoisotopic (exact) mass is 288 g/mol. The van der Waals surface area contributed by atoms with E-state index in [0.717, 1.165) is 19.1 Å². The van der Waals surface area contributed by atoms with Crippen LogP contribution >= 0.6 is 0 Å². The summed E-state index contributed by atoms with van der Waals surface area (Å²) in [7, 11) is 0. The van der Waals surface area contributed by atoms with Crippen LogP contribution < -0.4 is 10.2 Å². The van der Waals surface area contributed by atoms with Crippen LogP contribution in [0.3, 0.4) is 0 Å². The van der Waals surface area contributed by atoms with Crippen LogP contribution in [0.4, 0.5) is 5.69 Å². The van der Waals surface area contributed by atoms with Gasteiger partial charge in [0.2, 0.25) is 0 Å². The molecule has 1 saturated heterocycles. The number of hydrogen-bond acceptors (Lipinski definition) is 2. The molecule has 1 aliphatic heterocycles. The lowest BCUT2D eigenvalue weighted by Crippen LogP contribution is -2.40. The summed E-state index contributed by atoms with van der Waals surface area (Å²) in [5, 5.41) is 3.60. The number of piperidine rings is 1. The second-order valence-corrected chi connectivity index (χ2v) is 6.79. The number of benzene rings is 1. The van der Waals surface area contributed by atoms with E-state index in [1.165, 1.54) is 49.9 Å². The zero-order chi connectivity index (χ0) is 15.1. The van der Waals surface area contributed by atoms with Gasteiger partial charge in [-0.15, -0.1) is 0 Å². The van der Waals surface area contributed by atoms with Gasteiger partial charge in [-0.3, -0.25) is 0 Å². The van der Waals surface area contributed by atoms with Gasteiger partial charge in [-0.1, -0.05) is 45.4 Å². The average molecular weight is 288 g/mol. The Morgan fingerprint density at radius 1 is 1.24 bits per heavy atom. The molecule has 2 rings (SSSR count). The molecule has 1 atom stereocenters. The average Bonchev–Trinajstić information content (AvgIpc) is 2.48. The summed E-state index contributed by atoms with van der Waals surface area (Å²) in [5.74, 6) is 0.708. The van der Waals surface area contributed by atoms with E-state index >= 15 is 0 Å². The third-order valence-electron chi connectivity index (χ3n) is 4.42. The molecular formula is C19H32N2. The number of para-hydroxylation sites is 1. The van der Waals surface area contributed by atoms with Crippen molar-refractivity contribution < 1.29 is 0 Å². The lowest BCUT2D eigenvalue weighted by Gasteiger charge is -2.39. The summed E-state index contributed by atoms with van der Waals surface area (Å²) >= 11 is 0. The maximum atomic E-state index is 3.60. The van der Waals surface area contributed by atoms with Gasteiger partial charge in [0.15, 0.2) is 0 Å². The molecule has 0 bridgehead atoms. The maximum Gasteiger partial charge on any atom is 0.0414 e. The molecule has 1 aromatic rings. The van der Waals surface area contributed by atoms with Gasteiger partial charge in [0.05, 0.1) is 0 Å². The van der Waals surface area contributed by atoms with E-state index in [2.05, 4.69) is 55.3 Å². The van der Waals surface area contributed by atoms with E-state index in [4.69, 9.17) is 0 Å². The second-order valence-electron chi connectivity index (χ2n) is 6.79. The number of rotatable bonds is 7. The quantitative estimate of drug-likeness (QED) is 0.789. The lowest BCUT2D eigenvalue weighted by molar-refractivity contribution is 0.433. The van der Waals surface area contributed by atoms with E-state index in [9.17, 15) is 0 Å². The van der Waals surface area contributed by atoms with Crippen LogP contribution in [-0.4, -0.2) is 19.1 Å². The van der Waals surface area contributed by atoms with E-state index in [1.54, 1.807) is 0 Å². The van der Waals surface area contributed by atoms with E-state index < -0.39 is 0 Å². The van der Waals surface area contributed by atoms with E-state index in [0.29, 0.717) is 5.92 Å². The highest BCUT2D eigenvalue weighted by Gasteiger charge is 2.23. The molecule has 1 aromatic carbocycles. The maximum absolute atomic E-state index is 3.60. The number of anilines is 1. The molecule has 21 heavy (non-hydrogen) atoms. The Labute approximate surface area is 130 Å². The molecular weight excluding hydrogens is 256 g/mol. The minimum absolute atomic E-state index is 0.708. The van der Waals surface area contributed by atoms with Gasteiger partial charge in [0.1, 0.15) is 0 Å². The summed E-state index contributed by atoms with van der Waals surface area (Å²) in [6.07, 6.45) is 6.72. The van der Waals surface area contributed by atoms with Crippen LogP contribution in [0.5, 0.6) is 0 Å². The molecule has 0 amide bonds.